The highest BCUT2D eigenvalue weighted by molar-refractivity contribution is 8.00. The van der Waals surface area contributed by atoms with Crippen LogP contribution in [0.25, 0.3) is 0 Å². The highest BCUT2D eigenvalue weighted by Gasteiger charge is 2.12. The molecule has 1 aromatic carbocycles. The highest BCUT2D eigenvalue weighted by Crippen LogP contribution is 2.22. The molecule has 0 fully saturated rings. The fourth-order valence-electron chi connectivity index (χ4n) is 1.98. The van der Waals surface area contributed by atoms with E-state index in [0.717, 1.165) is 4.88 Å². The van der Waals surface area contributed by atoms with E-state index in [-0.39, 0.29) is 17.7 Å². The van der Waals surface area contributed by atoms with E-state index >= 15 is 0 Å². The summed E-state index contributed by atoms with van der Waals surface area (Å²) in [5.74, 6) is 0.640. The Kier molecular flexibility index (Phi) is 6.21. The molecule has 2 aromatic rings. The third kappa shape index (κ3) is 5.00. The number of benzene rings is 1. The number of carbonyl (C=O) groups is 2. The van der Waals surface area contributed by atoms with Gasteiger partial charge in [-0.25, -0.2) is 0 Å². The van der Waals surface area contributed by atoms with Crippen molar-refractivity contribution in [1.29, 1.82) is 0 Å². The zero-order valence-corrected chi connectivity index (χ0v) is 14.3. The van der Waals surface area contributed by atoms with E-state index < -0.39 is 0 Å². The van der Waals surface area contributed by atoms with Gasteiger partial charge in [-0.1, -0.05) is 30.3 Å². The van der Waals surface area contributed by atoms with Gasteiger partial charge in [0, 0.05) is 15.3 Å². The zero-order chi connectivity index (χ0) is 15.9. The molecule has 0 aliphatic rings. The molecule has 0 radical (unpaired) electrons. The first-order valence-electron chi connectivity index (χ1n) is 7.08. The summed E-state index contributed by atoms with van der Waals surface area (Å²) in [5.41, 5.74) is 0.692. The van der Waals surface area contributed by atoms with E-state index in [1.54, 1.807) is 23.5 Å². The summed E-state index contributed by atoms with van der Waals surface area (Å²) in [6.07, 6.45) is 0. The minimum Gasteiger partial charge on any atom is -0.348 e. The van der Waals surface area contributed by atoms with E-state index in [0.29, 0.717) is 17.1 Å². The lowest BCUT2D eigenvalue weighted by atomic mass is 10.2. The number of ketones is 1. The highest BCUT2D eigenvalue weighted by atomic mass is 32.2. The quantitative estimate of drug-likeness (QED) is 0.783. The third-order valence-electron chi connectivity index (χ3n) is 3.13. The van der Waals surface area contributed by atoms with E-state index in [4.69, 9.17) is 0 Å². The van der Waals surface area contributed by atoms with Crippen LogP contribution in [-0.4, -0.2) is 23.2 Å². The van der Waals surface area contributed by atoms with Crippen molar-refractivity contribution in [2.24, 2.45) is 0 Å². The van der Waals surface area contributed by atoms with Crippen LogP contribution >= 0.6 is 23.1 Å². The summed E-state index contributed by atoms with van der Waals surface area (Å²) in [5, 5.41) is 2.96. The summed E-state index contributed by atoms with van der Waals surface area (Å²) in [6, 6.07) is 13.3. The van der Waals surface area contributed by atoms with Crippen molar-refractivity contribution in [1.82, 2.24) is 5.32 Å². The van der Waals surface area contributed by atoms with Gasteiger partial charge in [-0.2, -0.15) is 0 Å². The van der Waals surface area contributed by atoms with E-state index in [1.807, 2.05) is 38.1 Å². The van der Waals surface area contributed by atoms with Crippen molar-refractivity contribution >= 4 is 34.8 Å². The minimum atomic E-state index is -0.0376. The molecule has 0 bridgehead atoms. The molecule has 1 aromatic heterocycles. The van der Waals surface area contributed by atoms with Crippen molar-refractivity contribution in [3.05, 3.63) is 57.8 Å². The van der Waals surface area contributed by atoms with Gasteiger partial charge in [-0.05, 0) is 26.0 Å². The number of rotatable bonds is 7. The Morgan fingerprint density at radius 1 is 1.14 bits per heavy atom. The van der Waals surface area contributed by atoms with Gasteiger partial charge in [0.05, 0.1) is 17.5 Å². The molecular formula is C17H19NO2S2. The molecule has 22 heavy (non-hydrogen) atoms. The summed E-state index contributed by atoms with van der Waals surface area (Å²) in [4.78, 5) is 26.2. The first-order valence-corrected chi connectivity index (χ1v) is 9.05. The molecule has 0 spiro atoms. The van der Waals surface area contributed by atoms with E-state index in [2.05, 4.69) is 11.4 Å². The zero-order valence-electron chi connectivity index (χ0n) is 12.7. The minimum absolute atomic E-state index is 0.0108. The number of Topliss-reactive ketones (excluding diaryl/α,β-unsaturated/α-hetero) is 1. The second kappa shape index (κ2) is 8.15. The smallest absolute Gasteiger partial charge is 0.230 e. The number of hydrogen-bond donors (Lipinski definition) is 1. The molecule has 1 N–H and O–H groups in total. The SMILES string of the molecule is Cc1ccc([C@@H](C)NC(=O)CSCC(=O)c2ccccc2)s1. The van der Waals surface area contributed by atoms with Crippen LogP contribution in [0.4, 0.5) is 0 Å². The molecule has 116 valence electrons. The predicted molar refractivity (Wildman–Crippen MR) is 93.7 cm³/mol. The maximum absolute atomic E-state index is 11.9. The number of nitrogens with one attached hydrogen (secondary N) is 1. The number of hydrogen-bond acceptors (Lipinski definition) is 4. The molecule has 0 saturated heterocycles. The van der Waals surface area contributed by atoms with Gasteiger partial charge in [0.15, 0.2) is 5.78 Å². The van der Waals surface area contributed by atoms with Crippen LogP contribution in [-0.2, 0) is 4.79 Å². The molecular weight excluding hydrogens is 314 g/mol. The second-order valence-electron chi connectivity index (χ2n) is 5.02. The molecule has 0 aliphatic carbocycles. The number of thiophene rings is 1. The number of amides is 1. The Bertz CT molecular complexity index is 637. The number of thioether (sulfide) groups is 1. The summed E-state index contributed by atoms with van der Waals surface area (Å²) in [7, 11) is 0. The van der Waals surface area contributed by atoms with Gasteiger partial charge in [-0.15, -0.1) is 23.1 Å². The monoisotopic (exact) mass is 333 g/mol. The van der Waals surface area contributed by atoms with Crippen LogP contribution in [0, 0.1) is 6.92 Å². The average molecular weight is 333 g/mol. The van der Waals surface area contributed by atoms with Crippen molar-refractivity contribution in [2.75, 3.05) is 11.5 Å². The molecule has 1 atom stereocenters. The lowest BCUT2D eigenvalue weighted by Gasteiger charge is -2.11. The molecule has 0 aliphatic heterocycles. The van der Waals surface area contributed by atoms with Crippen molar-refractivity contribution in [2.45, 2.75) is 19.9 Å². The lowest BCUT2D eigenvalue weighted by Crippen LogP contribution is -2.28. The Morgan fingerprint density at radius 3 is 2.50 bits per heavy atom. The second-order valence-corrected chi connectivity index (χ2v) is 7.32. The van der Waals surface area contributed by atoms with Gasteiger partial charge in [0.25, 0.3) is 0 Å². The van der Waals surface area contributed by atoms with Crippen molar-refractivity contribution < 1.29 is 9.59 Å². The van der Waals surface area contributed by atoms with Crippen molar-refractivity contribution in [3.63, 3.8) is 0 Å². The van der Waals surface area contributed by atoms with Gasteiger partial charge in [0.1, 0.15) is 0 Å². The predicted octanol–water partition coefficient (Wildman–Crippen LogP) is 3.85. The van der Waals surface area contributed by atoms with Crippen LogP contribution in [0.1, 0.15) is 33.1 Å². The Labute approximate surface area is 139 Å². The maximum atomic E-state index is 11.9. The summed E-state index contributed by atoms with van der Waals surface area (Å²) >= 11 is 3.04. The van der Waals surface area contributed by atoms with Gasteiger partial charge in [0.2, 0.25) is 5.91 Å². The van der Waals surface area contributed by atoms with E-state index in [1.165, 1.54) is 16.6 Å². The third-order valence-corrected chi connectivity index (χ3v) is 5.24. The van der Waals surface area contributed by atoms with Crippen LogP contribution < -0.4 is 5.32 Å². The first kappa shape index (κ1) is 16.8. The van der Waals surface area contributed by atoms with Gasteiger partial charge in [-0.3, -0.25) is 9.59 Å². The molecule has 5 heteroatoms. The maximum Gasteiger partial charge on any atom is 0.230 e. The Morgan fingerprint density at radius 2 is 1.86 bits per heavy atom. The fourth-order valence-corrected chi connectivity index (χ4v) is 3.59. The fraction of sp³-hybridized carbons (Fsp3) is 0.294. The van der Waals surface area contributed by atoms with E-state index in [9.17, 15) is 9.59 Å². The molecule has 0 saturated carbocycles. The Hall–Kier alpha value is -1.59. The molecule has 3 nitrogen and oxygen atoms in total. The van der Waals surface area contributed by atoms with Gasteiger partial charge < -0.3 is 5.32 Å². The summed E-state index contributed by atoms with van der Waals surface area (Å²) < 4.78 is 0. The number of carbonyl (C=O) groups excluding carboxylic acids is 2. The standard InChI is InChI=1S/C17H19NO2S2/c1-12-8-9-16(22-12)13(2)18-17(20)11-21-10-15(19)14-6-4-3-5-7-14/h3-9,13H,10-11H2,1-2H3,(H,18,20)/t13-/m1/s1. The summed E-state index contributed by atoms with van der Waals surface area (Å²) in [6.45, 7) is 4.02. The molecule has 1 amide bonds. The van der Waals surface area contributed by atoms with Crippen LogP contribution in [0.15, 0.2) is 42.5 Å². The topological polar surface area (TPSA) is 46.2 Å². The molecule has 0 unspecified atom stereocenters. The number of aryl methyl sites for hydroxylation is 1. The molecule has 2 rings (SSSR count). The average Bonchev–Trinajstić information content (AvgIpc) is 2.94. The van der Waals surface area contributed by atoms with Crippen LogP contribution in [0.2, 0.25) is 0 Å². The van der Waals surface area contributed by atoms with Crippen LogP contribution in [0.5, 0.6) is 0 Å². The van der Waals surface area contributed by atoms with Crippen molar-refractivity contribution in [3.8, 4) is 0 Å². The van der Waals surface area contributed by atoms with Gasteiger partial charge >= 0.3 is 0 Å². The Balaban J connectivity index is 1.73. The van der Waals surface area contributed by atoms with Crippen LogP contribution in [0.3, 0.4) is 0 Å². The molecule has 1 heterocycles. The first-order chi connectivity index (χ1) is 10.6. The largest absolute Gasteiger partial charge is 0.348 e. The normalized spacial score (nSPS) is 11.9. The lowest BCUT2D eigenvalue weighted by molar-refractivity contribution is -0.119.